The van der Waals surface area contributed by atoms with Crippen LogP contribution in [-0.2, 0) is 0 Å². The van der Waals surface area contributed by atoms with Gasteiger partial charge in [-0.1, -0.05) is 29.4 Å². The van der Waals surface area contributed by atoms with Crippen LogP contribution in [0.5, 0.6) is 0 Å². The van der Waals surface area contributed by atoms with Crippen LogP contribution >= 0.6 is 23.4 Å². The first kappa shape index (κ1) is 12.9. The van der Waals surface area contributed by atoms with Crippen LogP contribution in [0.2, 0.25) is 5.02 Å². The Bertz CT molecular complexity index is 579. The maximum atomic E-state index is 13.7. The molecule has 3 N–H and O–H groups in total. The summed E-state index contributed by atoms with van der Waals surface area (Å²) in [5.41, 5.74) is 5.88. The van der Waals surface area contributed by atoms with Gasteiger partial charge in [0.15, 0.2) is 11.0 Å². The number of anilines is 3. The van der Waals surface area contributed by atoms with E-state index in [1.807, 2.05) is 6.26 Å². The van der Waals surface area contributed by atoms with Crippen molar-refractivity contribution in [1.82, 2.24) is 9.97 Å². The largest absolute Gasteiger partial charge is 0.383 e. The van der Waals surface area contributed by atoms with Gasteiger partial charge in [-0.25, -0.2) is 14.4 Å². The van der Waals surface area contributed by atoms with Crippen molar-refractivity contribution in [3.63, 3.8) is 0 Å². The normalized spacial score (nSPS) is 10.4. The van der Waals surface area contributed by atoms with Crippen molar-refractivity contribution < 1.29 is 4.39 Å². The van der Waals surface area contributed by atoms with Gasteiger partial charge in [-0.3, -0.25) is 0 Å². The van der Waals surface area contributed by atoms with Crippen LogP contribution in [-0.4, -0.2) is 16.2 Å². The molecule has 0 bridgehead atoms. The lowest BCUT2D eigenvalue weighted by Crippen LogP contribution is -2.01. The van der Waals surface area contributed by atoms with E-state index in [9.17, 15) is 4.39 Å². The molecule has 0 spiro atoms. The molecule has 0 saturated heterocycles. The van der Waals surface area contributed by atoms with Gasteiger partial charge in [-0.15, -0.1) is 0 Å². The lowest BCUT2D eigenvalue weighted by molar-refractivity contribution is 0.632. The van der Waals surface area contributed by atoms with Gasteiger partial charge in [-0.05, 0) is 18.4 Å². The number of benzene rings is 1. The highest BCUT2D eigenvalue weighted by atomic mass is 35.5. The number of hydrogen-bond acceptors (Lipinski definition) is 5. The molecule has 7 heteroatoms. The number of rotatable bonds is 3. The molecule has 0 radical (unpaired) electrons. The number of nitrogen functional groups attached to an aromatic ring is 1. The molecule has 0 unspecified atom stereocenters. The fourth-order valence-electron chi connectivity index (χ4n) is 1.34. The number of halogens is 2. The zero-order valence-electron chi connectivity index (χ0n) is 9.45. The second-order valence-corrected chi connectivity index (χ2v) is 4.57. The van der Waals surface area contributed by atoms with Gasteiger partial charge < -0.3 is 11.1 Å². The van der Waals surface area contributed by atoms with E-state index >= 15 is 0 Å². The minimum Gasteiger partial charge on any atom is -0.383 e. The number of aromatic nitrogens is 2. The molecule has 0 amide bonds. The van der Waals surface area contributed by atoms with E-state index in [4.69, 9.17) is 17.3 Å². The third-order valence-electron chi connectivity index (χ3n) is 2.12. The molecule has 18 heavy (non-hydrogen) atoms. The van der Waals surface area contributed by atoms with Crippen LogP contribution in [0.15, 0.2) is 29.4 Å². The Morgan fingerprint density at radius 1 is 1.39 bits per heavy atom. The van der Waals surface area contributed by atoms with Gasteiger partial charge in [0.1, 0.15) is 11.6 Å². The number of nitrogens with one attached hydrogen (secondary N) is 1. The topological polar surface area (TPSA) is 63.8 Å². The Kier molecular flexibility index (Phi) is 3.88. The number of hydrogen-bond donors (Lipinski definition) is 2. The Balaban J connectivity index is 2.34. The van der Waals surface area contributed by atoms with Crippen molar-refractivity contribution in [2.75, 3.05) is 17.3 Å². The van der Waals surface area contributed by atoms with Crippen LogP contribution < -0.4 is 11.1 Å². The molecule has 0 aliphatic heterocycles. The second kappa shape index (κ2) is 5.41. The van der Waals surface area contributed by atoms with Gasteiger partial charge in [0, 0.05) is 6.07 Å². The average Bonchev–Trinajstić information content (AvgIpc) is 2.34. The lowest BCUT2D eigenvalue weighted by atomic mass is 10.3. The molecule has 94 valence electrons. The predicted molar refractivity (Wildman–Crippen MR) is 72.9 cm³/mol. The van der Waals surface area contributed by atoms with E-state index in [1.165, 1.54) is 23.9 Å². The summed E-state index contributed by atoms with van der Waals surface area (Å²) in [5, 5.41) is 3.39. The first-order chi connectivity index (χ1) is 8.60. The summed E-state index contributed by atoms with van der Waals surface area (Å²) in [7, 11) is 0. The fraction of sp³-hybridized carbons (Fsp3) is 0.0909. The molecule has 2 rings (SSSR count). The zero-order chi connectivity index (χ0) is 13.1. The quantitative estimate of drug-likeness (QED) is 0.669. The SMILES string of the molecule is CSc1nc(N)cc(Nc2cccc(Cl)c2F)n1. The molecule has 1 aromatic heterocycles. The summed E-state index contributed by atoms with van der Waals surface area (Å²) in [6, 6.07) is 6.22. The second-order valence-electron chi connectivity index (χ2n) is 3.39. The highest BCUT2D eigenvalue weighted by Gasteiger charge is 2.08. The van der Waals surface area contributed by atoms with E-state index < -0.39 is 5.82 Å². The van der Waals surface area contributed by atoms with Gasteiger partial charge >= 0.3 is 0 Å². The van der Waals surface area contributed by atoms with Crippen molar-refractivity contribution in [3.8, 4) is 0 Å². The number of nitrogens with zero attached hydrogens (tertiary/aromatic N) is 2. The van der Waals surface area contributed by atoms with Crippen molar-refractivity contribution in [2.24, 2.45) is 0 Å². The van der Waals surface area contributed by atoms with Gasteiger partial charge in [-0.2, -0.15) is 0 Å². The first-order valence-electron chi connectivity index (χ1n) is 4.99. The summed E-state index contributed by atoms with van der Waals surface area (Å²) in [6.07, 6.45) is 1.83. The Morgan fingerprint density at radius 3 is 2.89 bits per heavy atom. The molecule has 4 nitrogen and oxygen atoms in total. The summed E-state index contributed by atoms with van der Waals surface area (Å²) >= 11 is 7.05. The molecule has 0 atom stereocenters. The standard InChI is InChI=1S/C11H10ClFN4S/c1-18-11-16-8(14)5-9(17-11)15-7-4-2-3-6(12)10(7)13/h2-5H,1H3,(H3,14,15,16,17). The molecule has 2 aromatic rings. The highest BCUT2D eigenvalue weighted by Crippen LogP contribution is 2.25. The lowest BCUT2D eigenvalue weighted by Gasteiger charge is -2.08. The molecular weight excluding hydrogens is 275 g/mol. The summed E-state index contributed by atoms with van der Waals surface area (Å²) < 4.78 is 13.7. The fourth-order valence-corrected chi connectivity index (χ4v) is 1.90. The van der Waals surface area contributed by atoms with Crippen molar-refractivity contribution >= 4 is 40.7 Å². The minimum atomic E-state index is -0.526. The predicted octanol–water partition coefficient (Wildman–Crippen LogP) is 3.32. The maximum Gasteiger partial charge on any atom is 0.191 e. The van der Waals surface area contributed by atoms with E-state index in [-0.39, 0.29) is 10.7 Å². The van der Waals surface area contributed by atoms with Crippen molar-refractivity contribution in [2.45, 2.75) is 5.16 Å². The van der Waals surface area contributed by atoms with Crippen molar-refractivity contribution in [3.05, 3.63) is 35.1 Å². The van der Waals surface area contributed by atoms with Crippen LogP contribution in [0.3, 0.4) is 0 Å². The van der Waals surface area contributed by atoms with E-state index in [0.717, 1.165) is 0 Å². The Hall–Kier alpha value is -1.53. The van der Waals surface area contributed by atoms with Crippen LogP contribution in [0.1, 0.15) is 0 Å². The summed E-state index contributed by atoms with van der Waals surface area (Å²) in [6.45, 7) is 0. The monoisotopic (exact) mass is 284 g/mol. The van der Waals surface area contributed by atoms with Crippen molar-refractivity contribution in [1.29, 1.82) is 0 Å². The average molecular weight is 285 g/mol. The molecule has 0 saturated carbocycles. The van der Waals surface area contributed by atoms with E-state index in [1.54, 1.807) is 12.1 Å². The smallest absolute Gasteiger partial charge is 0.191 e. The highest BCUT2D eigenvalue weighted by molar-refractivity contribution is 7.98. The van der Waals surface area contributed by atoms with Gasteiger partial charge in [0.05, 0.1) is 10.7 Å². The molecule has 1 aromatic carbocycles. The molecule has 1 heterocycles. The number of thioether (sulfide) groups is 1. The Morgan fingerprint density at radius 2 is 2.17 bits per heavy atom. The minimum absolute atomic E-state index is 0.0483. The number of nitrogens with two attached hydrogens (primary N) is 1. The molecule has 0 aliphatic carbocycles. The maximum absolute atomic E-state index is 13.7. The van der Waals surface area contributed by atoms with E-state index in [2.05, 4.69) is 15.3 Å². The first-order valence-corrected chi connectivity index (χ1v) is 6.60. The van der Waals surface area contributed by atoms with Crippen LogP contribution in [0.4, 0.5) is 21.7 Å². The van der Waals surface area contributed by atoms with Gasteiger partial charge in [0.2, 0.25) is 0 Å². The van der Waals surface area contributed by atoms with Crippen LogP contribution in [0, 0.1) is 5.82 Å². The third-order valence-corrected chi connectivity index (χ3v) is 2.96. The Labute approximate surface area is 113 Å². The third kappa shape index (κ3) is 2.83. The summed E-state index contributed by atoms with van der Waals surface area (Å²) in [5.74, 6) is 0.217. The zero-order valence-corrected chi connectivity index (χ0v) is 11.0. The summed E-state index contributed by atoms with van der Waals surface area (Å²) in [4.78, 5) is 8.17. The van der Waals surface area contributed by atoms with Gasteiger partial charge in [0.25, 0.3) is 0 Å². The molecule has 0 fully saturated rings. The van der Waals surface area contributed by atoms with Crippen LogP contribution in [0.25, 0.3) is 0 Å². The molecular formula is C11H10ClFN4S. The van der Waals surface area contributed by atoms with E-state index in [0.29, 0.717) is 16.8 Å². The molecule has 0 aliphatic rings.